The van der Waals surface area contributed by atoms with Crippen LogP contribution in [0.15, 0.2) is 48.1 Å². The third-order valence-electron chi connectivity index (χ3n) is 10.6. The average Bonchev–Trinajstić information content (AvgIpc) is 3.44. The number of aliphatic hydroxyl groups is 1. The Bertz CT molecular complexity index is 1400. The van der Waals surface area contributed by atoms with Crippen LogP contribution in [0.25, 0.3) is 0 Å². The van der Waals surface area contributed by atoms with Gasteiger partial charge < -0.3 is 5.11 Å². The monoisotopic (exact) mass is 609 g/mol. The van der Waals surface area contributed by atoms with E-state index in [1.807, 2.05) is 36.3 Å². The number of alkyl halides is 1. The van der Waals surface area contributed by atoms with E-state index in [1.54, 1.807) is 13.0 Å². The Morgan fingerprint density at radius 3 is 2.67 bits per heavy atom. The summed E-state index contributed by atoms with van der Waals surface area (Å²) in [7, 11) is 0. The maximum absolute atomic E-state index is 15.8. The van der Waals surface area contributed by atoms with Crippen molar-refractivity contribution in [3.05, 3.63) is 58.7 Å². The number of aliphatic hydroxyl groups excluding tert-OH is 1. The van der Waals surface area contributed by atoms with Crippen molar-refractivity contribution in [3.8, 4) is 24.7 Å². The lowest BCUT2D eigenvalue weighted by molar-refractivity contribution is -0.250. The molecule has 4 aliphatic carbocycles. The molecule has 222 valence electrons. The molecule has 1 aromatic carbocycles. The van der Waals surface area contributed by atoms with Crippen LogP contribution in [0.2, 0.25) is 5.02 Å². The number of benzene rings is 1. The highest BCUT2D eigenvalue weighted by Crippen LogP contribution is 2.71. The number of carbonyl (C=O) groups is 2. The van der Waals surface area contributed by atoms with E-state index in [-0.39, 0.29) is 41.0 Å². The van der Waals surface area contributed by atoms with Crippen LogP contribution in [0, 0.1) is 59.2 Å². The number of hydrogen-bond acceptors (Lipinski definition) is 6. The molecule has 42 heavy (non-hydrogen) atoms. The quantitative estimate of drug-likeness (QED) is 0.435. The van der Waals surface area contributed by atoms with Gasteiger partial charge in [0.1, 0.15) is 6.17 Å². The molecule has 3 saturated carbocycles. The van der Waals surface area contributed by atoms with Crippen LogP contribution in [-0.2, 0) is 21.0 Å². The first-order valence-electron chi connectivity index (χ1n) is 14.4. The van der Waals surface area contributed by atoms with E-state index in [4.69, 9.17) is 16.4 Å². The van der Waals surface area contributed by atoms with E-state index in [9.17, 15) is 14.7 Å². The summed E-state index contributed by atoms with van der Waals surface area (Å²) in [5, 5.41) is 14.3. The lowest BCUT2D eigenvalue weighted by Gasteiger charge is -2.60. The summed E-state index contributed by atoms with van der Waals surface area (Å²) < 4.78 is 15.8. The van der Waals surface area contributed by atoms with Gasteiger partial charge in [-0.25, -0.2) is 4.39 Å². The highest BCUT2D eigenvalue weighted by atomic mass is 35.5. The van der Waals surface area contributed by atoms with Crippen LogP contribution in [0.4, 0.5) is 4.39 Å². The van der Waals surface area contributed by atoms with Gasteiger partial charge in [0.2, 0.25) is 5.12 Å². The molecular weight excluding hydrogens is 573 g/mol. The molecule has 1 aromatic rings. The molecule has 0 amide bonds. The van der Waals surface area contributed by atoms with E-state index in [0.29, 0.717) is 35.9 Å². The molecule has 0 bridgehead atoms. The SMILES string of the molecule is C#C.CC#CCSC(=O)[C@@]12ON(Cc3ccc(Cl)cc3)C[C@@H]1CC1C3C[C@H](F)C4=CC(=O)C=CC4(C)C3C(O)CC12C. The van der Waals surface area contributed by atoms with Crippen LogP contribution in [0.1, 0.15) is 45.6 Å². The topological polar surface area (TPSA) is 66.8 Å². The van der Waals surface area contributed by atoms with Crippen LogP contribution in [0.3, 0.4) is 0 Å². The number of allylic oxidation sites excluding steroid dienone is 4. The standard InChI is InChI=1S/C32H35ClFNO4S.C2H2/c1-4-5-12-40-29(38)32-20(18-35(39-32)17-19-6-8-21(33)9-7-19)13-24-23-15-26(34)25-14-22(36)10-11-30(25,2)28(23)27(37)16-31(24,32)3;1-2/h6-11,14,20,23-24,26-28,37H,12-13,15-18H2,1-3H3;1-2H/t20-,23?,24?,26-,27?,28?,30?,31?,32-;/m0./s1. The molecule has 5 aliphatic rings. The van der Waals surface area contributed by atoms with Crippen molar-refractivity contribution < 1.29 is 23.9 Å². The number of hydroxylamine groups is 2. The zero-order valence-corrected chi connectivity index (χ0v) is 25.8. The van der Waals surface area contributed by atoms with E-state index in [2.05, 4.69) is 31.6 Å². The minimum absolute atomic E-state index is 0.00644. The number of rotatable bonds is 4. The number of fused-ring (bicyclic) bond motifs is 7. The van der Waals surface area contributed by atoms with Gasteiger partial charge in [-0.1, -0.05) is 61.3 Å². The van der Waals surface area contributed by atoms with Gasteiger partial charge in [0, 0.05) is 40.8 Å². The molecular formula is C34H37ClFNO4S. The van der Waals surface area contributed by atoms with Gasteiger partial charge in [0.15, 0.2) is 11.4 Å². The minimum atomic E-state index is -1.27. The first kappa shape index (κ1) is 31.0. The van der Waals surface area contributed by atoms with Crippen molar-refractivity contribution in [2.75, 3.05) is 12.3 Å². The Morgan fingerprint density at radius 1 is 1.26 bits per heavy atom. The maximum atomic E-state index is 15.8. The van der Waals surface area contributed by atoms with Gasteiger partial charge in [0.05, 0.1) is 11.9 Å². The van der Waals surface area contributed by atoms with Crippen molar-refractivity contribution >= 4 is 34.3 Å². The molecule has 9 atom stereocenters. The smallest absolute Gasteiger partial charge is 0.224 e. The Morgan fingerprint density at radius 2 is 1.98 bits per heavy atom. The summed E-state index contributed by atoms with van der Waals surface area (Å²) in [5.41, 5.74) is -1.06. The van der Waals surface area contributed by atoms with Crippen molar-refractivity contribution in [2.24, 2.45) is 34.5 Å². The van der Waals surface area contributed by atoms with E-state index in [1.165, 1.54) is 23.9 Å². The molecule has 6 rings (SSSR count). The Hall–Kier alpha value is -2.39. The Balaban J connectivity index is 0.00000173. The highest BCUT2D eigenvalue weighted by molar-refractivity contribution is 8.14. The average molecular weight is 610 g/mol. The van der Waals surface area contributed by atoms with Crippen molar-refractivity contribution in [1.82, 2.24) is 5.06 Å². The zero-order chi connectivity index (χ0) is 30.4. The zero-order valence-electron chi connectivity index (χ0n) is 24.2. The molecule has 5 nitrogen and oxygen atoms in total. The number of nitrogens with zero attached hydrogens (tertiary/aromatic N) is 1. The number of thioether (sulfide) groups is 1. The van der Waals surface area contributed by atoms with Crippen LogP contribution in [-0.4, -0.2) is 51.2 Å². The number of hydrogen-bond donors (Lipinski definition) is 1. The molecule has 6 unspecified atom stereocenters. The summed E-state index contributed by atoms with van der Waals surface area (Å²) in [4.78, 5) is 33.1. The van der Waals surface area contributed by atoms with Gasteiger partial charge in [-0.05, 0) is 73.4 Å². The normalized spacial score (nSPS) is 39.8. The molecule has 1 heterocycles. The Kier molecular flexibility index (Phi) is 8.58. The van der Waals surface area contributed by atoms with Gasteiger partial charge in [-0.3, -0.25) is 14.4 Å². The summed E-state index contributed by atoms with van der Waals surface area (Å²) >= 11 is 7.27. The van der Waals surface area contributed by atoms with Crippen LogP contribution >= 0.6 is 23.4 Å². The number of ketones is 1. The molecule has 0 aromatic heterocycles. The van der Waals surface area contributed by atoms with Gasteiger partial charge in [0.25, 0.3) is 0 Å². The maximum Gasteiger partial charge on any atom is 0.224 e. The van der Waals surface area contributed by atoms with Gasteiger partial charge in [-0.15, -0.1) is 18.8 Å². The number of carbonyl (C=O) groups excluding carboxylic acids is 2. The van der Waals surface area contributed by atoms with Crippen molar-refractivity contribution in [2.45, 2.75) is 64.5 Å². The fourth-order valence-corrected chi connectivity index (χ4v) is 10.1. The van der Waals surface area contributed by atoms with Gasteiger partial charge in [-0.2, -0.15) is 5.06 Å². The summed E-state index contributed by atoms with van der Waals surface area (Å²) in [5.74, 6) is 5.54. The molecule has 4 fully saturated rings. The summed E-state index contributed by atoms with van der Waals surface area (Å²) in [6.07, 6.45) is 12.0. The molecule has 0 spiro atoms. The summed E-state index contributed by atoms with van der Waals surface area (Å²) in [6.45, 7) is 6.87. The van der Waals surface area contributed by atoms with E-state index in [0.717, 1.165) is 12.0 Å². The third-order valence-corrected chi connectivity index (χ3v) is 11.7. The second-order valence-corrected chi connectivity index (χ2v) is 13.9. The lowest BCUT2D eigenvalue weighted by atomic mass is 9.46. The third kappa shape index (κ3) is 4.70. The highest BCUT2D eigenvalue weighted by Gasteiger charge is 2.75. The number of halogens is 2. The lowest BCUT2D eigenvalue weighted by Crippen LogP contribution is -2.63. The second kappa shape index (κ2) is 11.6. The van der Waals surface area contributed by atoms with Crippen molar-refractivity contribution in [1.29, 1.82) is 0 Å². The Labute approximate surface area is 257 Å². The first-order chi connectivity index (χ1) is 20.0. The molecule has 8 heteroatoms. The van der Waals surface area contributed by atoms with Crippen molar-refractivity contribution in [3.63, 3.8) is 0 Å². The van der Waals surface area contributed by atoms with Crippen LogP contribution < -0.4 is 0 Å². The molecule has 0 radical (unpaired) electrons. The first-order valence-corrected chi connectivity index (χ1v) is 15.8. The number of terminal acetylenes is 1. The molecule has 1 N–H and O–H groups in total. The largest absolute Gasteiger partial charge is 0.393 e. The predicted molar refractivity (Wildman–Crippen MR) is 164 cm³/mol. The van der Waals surface area contributed by atoms with E-state index < -0.39 is 28.7 Å². The van der Waals surface area contributed by atoms with Gasteiger partial charge >= 0.3 is 0 Å². The second-order valence-electron chi connectivity index (χ2n) is 12.5. The molecule has 1 saturated heterocycles. The van der Waals surface area contributed by atoms with E-state index >= 15 is 4.39 Å². The van der Waals surface area contributed by atoms with Crippen LogP contribution in [0.5, 0.6) is 0 Å². The summed E-state index contributed by atoms with van der Waals surface area (Å²) in [6, 6.07) is 7.60. The molecule has 1 aliphatic heterocycles. The predicted octanol–water partition coefficient (Wildman–Crippen LogP) is 5.81. The minimum Gasteiger partial charge on any atom is -0.393 e. The fraction of sp³-hybridized carbons (Fsp3) is 0.529. The fourth-order valence-electron chi connectivity index (χ4n) is 8.96.